The van der Waals surface area contributed by atoms with Crippen LogP contribution in [0.4, 0.5) is 0 Å². The highest BCUT2D eigenvalue weighted by atomic mass is 16.3. The molecule has 0 saturated heterocycles. The van der Waals surface area contributed by atoms with Crippen LogP contribution in [0.25, 0.3) is 6.08 Å². The molecule has 0 unspecified atom stereocenters. The van der Waals surface area contributed by atoms with Crippen LogP contribution in [-0.2, 0) is 0 Å². The zero-order chi connectivity index (χ0) is 8.55. The molecule has 2 nitrogen and oxygen atoms in total. The number of hydrogen-bond donors (Lipinski definition) is 2. The number of aliphatic hydroxyl groups excluding tert-OH is 2. The van der Waals surface area contributed by atoms with E-state index in [4.69, 9.17) is 0 Å². The second kappa shape index (κ2) is 2.73. The van der Waals surface area contributed by atoms with Gasteiger partial charge in [0.2, 0.25) is 0 Å². The predicted molar refractivity (Wildman–Crippen MR) is 46.4 cm³/mol. The Balaban J connectivity index is 2.52. The lowest BCUT2D eigenvalue weighted by atomic mass is 9.93. The van der Waals surface area contributed by atoms with Crippen molar-refractivity contribution in [1.82, 2.24) is 0 Å². The maximum atomic E-state index is 9.53. The highest BCUT2D eigenvalue weighted by Crippen LogP contribution is 2.27. The first kappa shape index (κ1) is 7.53. The minimum Gasteiger partial charge on any atom is -0.386 e. The van der Waals surface area contributed by atoms with Crippen LogP contribution in [0.15, 0.2) is 30.3 Å². The van der Waals surface area contributed by atoms with Crippen LogP contribution in [0.2, 0.25) is 0 Å². The average molecular weight is 162 g/mol. The Labute approximate surface area is 70.8 Å². The van der Waals surface area contributed by atoms with E-state index >= 15 is 0 Å². The third-order valence-electron chi connectivity index (χ3n) is 2.11. The molecule has 0 saturated carbocycles. The molecule has 1 aromatic rings. The summed E-state index contributed by atoms with van der Waals surface area (Å²) < 4.78 is 0. The van der Waals surface area contributed by atoms with E-state index in [1.165, 1.54) is 0 Å². The maximum absolute atomic E-state index is 9.53. The standard InChI is InChI=1S/C10H10O2/c11-9-6-5-7-3-1-2-4-8(7)10(9)12/h1-6,9-12H/t9-,10-/m1/s1. The van der Waals surface area contributed by atoms with Gasteiger partial charge in [0, 0.05) is 0 Å². The summed E-state index contributed by atoms with van der Waals surface area (Å²) in [5.41, 5.74) is 1.78. The molecule has 0 radical (unpaired) electrons. The van der Waals surface area contributed by atoms with Crippen LogP contribution in [0.5, 0.6) is 0 Å². The lowest BCUT2D eigenvalue weighted by Gasteiger charge is -2.21. The van der Waals surface area contributed by atoms with E-state index in [1.54, 1.807) is 6.08 Å². The molecule has 0 aliphatic heterocycles. The summed E-state index contributed by atoms with van der Waals surface area (Å²) in [6.07, 6.45) is 1.89. The van der Waals surface area contributed by atoms with Gasteiger partial charge in [-0.3, -0.25) is 0 Å². The highest BCUT2D eigenvalue weighted by molar-refractivity contribution is 5.58. The van der Waals surface area contributed by atoms with Crippen molar-refractivity contribution in [3.05, 3.63) is 41.5 Å². The van der Waals surface area contributed by atoms with Crippen molar-refractivity contribution in [1.29, 1.82) is 0 Å². The Morgan fingerprint density at radius 2 is 1.83 bits per heavy atom. The summed E-state index contributed by atoms with van der Waals surface area (Å²) in [6, 6.07) is 7.51. The van der Waals surface area contributed by atoms with Gasteiger partial charge in [0.25, 0.3) is 0 Å². The summed E-state index contributed by atoms with van der Waals surface area (Å²) in [7, 11) is 0. The van der Waals surface area contributed by atoms with Gasteiger partial charge in [-0.1, -0.05) is 36.4 Å². The van der Waals surface area contributed by atoms with E-state index in [0.717, 1.165) is 11.1 Å². The molecule has 1 aliphatic rings. The predicted octanol–water partition coefficient (Wildman–Crippen LogP) is 1.11. The van der Waals surface area contributed by atoms with Gasteiger partial charge in [-0.15, -0.1) is 0 Å². The van der Waals surface area contributed by atoms with Gasteiger partial charge >= 0.3 is 0 Å². The molecule has 0 heterocycles. The Kier molecular flexibility index (Phi) is 1.71. The smallest absolute Gasteiger partial charge is 0.109 e. The van der Waals surface area contributed by atoms with Crippen LogP contribution in [0.3, 0.4) is 0 Å². The summed E-state index contributed by atoms with van der Waals surface area (Å²) in [4.78, 5) is 0. The van der Waals surface area contributed by atoms with Crippen LogP contribution < -0.4 is 0 Å². The molecule has 2 rings (SSSR count). The highest BCUT2D eigenvalue weighted by Gasteiger charge is 2.20. The molecule has 1 aliphatic carbocycles. The number of aliphatic hydroxyl groups is 2. The van der Waals surface area contributed by atoms with E-state index in [0.29, 0.717) is 0 Å². The molecule has 0 fully saturated rings. The van der Waals surface area contributed by atoms with Crippen molar-refractivity contribution in [2.24, 2.45) is 0 Å². The number of rotatable bonds is 0. The van der Waals surface area contributed by atoms with Gasteiger partial charge in [0.05, 0.1) is 0 Å². The van der Waals surface area contributed by atoms with Gasteiger partial charge in [-0.05, 0) is 11.1 Å². The van der Waals surface area contributed by atoms with Crippen molar-refractivity contribution < 1.29 is 10.2 Å². The third-order valence-corrected chi connectivity index (χ3v) is 2.11. The molecule has 62 valence electrons. The molecule has 2 N–H and O–H groups in total. The molecule has 1 aromatic carbocycles. The van der Waals surface area contributed by atoms with Gasteiger partial charge in [0.15, 0.2) is 0 Å². The zero-order valence-electron chi connectivity index (χ0n) is 6.51. The lowest BCUT2D eigenvalue weighted by molar-refractivity contribution is 0.0470. The van der Waals surface area contributed by atoms with Crippen LogP contribution >= 0.6 is 0 Å². The monoisotopic (exact) mass is 162 g/mol. The van der Waals surface area contributed by atoms with E-state index in [1.807, 2.05) is 30.3 Å². The fraction of sp³-hybridized carbons (Fsp3) is 0.200. The topological polar surface area (TPSA) is 40.5 Å². The van der Waals surface area contributed by atoms with Crippen LogP contribution in [0.1, 0.15) is 17.2 Å². The van der Waals surface area contributed by atoms with Crippen molar-refractivity contribution >= 4 is 6.08 Å². The van der Waals surface area contributed by atoms with Crippen LogP contribution in [-0.4, -0.2) is 16.3 Å². The van der Waals surface area contributed by atoms with E-state index < -0.39 is 12.2 Å². The molecule has 0 aromatic heterocycles. The fourth-order valence-corrected chi connectivity index (χ4v) is 1.42. The van der Waals surface area contributed by atoms with Crippen molar-refractivity contribution in [3.8, 4) is 0 Å². The van der Waals surface area contributed by atoms with Gasteiger partial charge in [0.1, 0.15) is 12.2 Å². The SMILES string of the molecule is O[C@@H]1C=Cc2ccccc2[C@H]1O. The average Bonchev–Trinajstić information content (AvgIpc) is 2.12. The molecular formula is C10H10O2. The van der Waals surface area contributed by atoms with Gasteiger partial charge < -0.3 is 10.2 Å². The first-order valence-electron chi connectivity index (χ1n) is 3.92. The number of benzene rings is 1. The Bertz CT molecular complexity index is 317. The van der Waals surface area contributed by atoms with Crippen LogP contribution in [0, 0.1) is 0 Å². The lowest BCUT2D eigenvalue weighted by Crippen LogP contribution is -2.19. The zero-order valence-corrected chi connectivity index (χ0v) is 6.51. The number of hydrogen-bond acceptors (Lipinski definition) is 2. The summed E-state index contributed by atoms with van der Waals surface area (Å²) in [5, 5.41) is 18.8. The second-order valence-electron chi connectivity index (χ2n) is 2.92. The van der Waals surface area contributed by atoms with Gasteiger partial charge in [-0.25, -0.2) is 0 Å². The molecule has 2 atom stereocenters. The Morgan fingerprint density at radius 3 is 2.67 bits per heavy atom. The molecule has 12 heavy (non-hydrogen) atoms. The molecule has 0 spiro atoms. The molecule has 2 heteroatoms. The van der Waals surface area contributed by atoms with Crippen molar-refractivity contribution in [3.63, 3.8) is 0 Å². The molecular weight excluding hydrogens is 152 g/mol. The van der Waals surface area contributed by atoms with E-state index in [-0.39, 0.29) is 0 Å². The van der Waals surface area contributed by atoms with E-state index in [9.17, 15) is 10.2 Å². The fourth-order valence-electron chi connectivity index (χ4n) is 1.42. The number of fused-ring (bicyclic) bond motifs is 1. The largest absolute Gasteiger partial charge is 0.386 e. The second-order valence-corrected chi connectivity index (χ2v) is 2.92. The maximum Gasteiger partial charge on any atom is 0.109 e. The summed E-state index contributed by atoms with van der Waals surface area (Å²) in [6.45, 7) is 0. The van der Waals surface area contributed by atoms with E-state index in [2.05, 4.69) is 0 Å². The third kappa shape index (κ3) is 1.05. The Hall–Kier alpha value is -1.12. The quantitative estimate of drug-likeness (QED) is 0.600. The van der Waals surface area contributed by atoms with Crippen molar-refractivity contribution in [2.75, 3.05) is 0 Å². The molecule has 0 bridgehead atoms. The normalized spacial score (nSPS) is 26.8. The minimum absolute atomic E-state index is 0.764. The first-order valence-corrected chi connectivity index (χ1v) is 3.92. The first-order chi connectivity index (χ1) is 5.79. The Morgan fingerprint density at radius 1 is 1.08 bits per heavy atom. The summed E-state index contributed by atoms with van der Waals surface area (Å²) in [5.74, 6) is 0. The van der Waals surface area contributed by atoms with Crippen molar-refractivity contribution in [2.45, 2.75) is 12.2 Å². The minimum atomic E-state index is -0.772. The summed E-state index contributed by atoms with van der Waals surface area (Å²) >= 11 is 0. The molecule has 0 amide bonds. The van der Waals surface area contributed by atoms with Gasteiger partial charge in [-0.2, -0.15) is 0 Å².